The average Bonchev–Trinajstić information content (AvgIpc) is 2.86. The summed E-state index contributed by atoms with van der Waals surface area (Å²) >= 11 is 2.08. The first kappa shape index (κ1) is 12.3. The van der Waals surface area contributed by atoms with E-state index in [0.717, 1.165) is 6.42 Å². The van der Waals surface area contributed by atoms with E-state index in [1.807, 2.05) is 0 Å². The lowest BCUT2D eigenvalue weighted by molar-refractivity contribution is 0.667. The summed E-state index contributed by atoms with van der Waals surface area (Å²) in [7, 11) is 0. The normalized spacial score (nSPS) is 17.6. The molecular formula is C18H19NS. The van der Waals surface area contributed by atoms with E-state index in [9.17, 15) is 0 Å². The molecule has 2 aromatic carbocycles. The molecule has 0 bridgehead atoms. The van der Waals surface area contributed by atoms with Crippen molar-refractivity contribution in [3.05, 3.63) is 53.6 Å². The fourth-order valence-corrected chi connectivity index (χ4v) is 4.42. The van der Waals surface area contributed by atoms with Gasteiger partial charge in [0.1, 0.15) is 0 Å². The summed E-state index contributed by atoms with van der Waals surface area (Å²) in [6.45, 7) is 0. The van der Waals surface area contributed by atoms with Gasteiger partial charge in [-0.05, 0) is 65.2 Å². The van der Waals surface area contributed by atoms with Gasteiger partial charge >= 0.3 is 0 Å². The second-order valence-electron chi connectivity index (χ2n) is 5.74. The van der Waals surface area contributed by atoms with Crippen LogP contribution >= 0.6 is 11.8 Å². The third-order valence-corrected chi connectivity index (χ3v) is 5.43. The molecule has 102 valence electrons. The van der Waals surface area contributed by atoms with Crippen LogP contribution in [0.25, 0.3) is 11.1 Å². The smallest absolute Gasteiger partial charge is 0.0345 e. The summed E-state index contributed by atoms with van der Waals surface area (Å²) in [6, 6.07) is 16.3. The van der Waals surface area contributed by atoms with Gasteiger partial charge < -0.3 is 5.32 Å². The maximum Gasteiger partial charge on any atom is 0.0345 e. The number of hydrogen-bond donors (Lipinski definition) is 1. The van der Waals surface area contributed by atoms with Gasteiger partial charge in [-0.25, -0.2) is 0 Å². The fourth-order valence-electron chi connectivity index (χ4n) is 3.31. The van der Waals surface area contributed by atoms with E-state index in [2.05, 4.69) is 59.5 Å². The molecule has 1 saturated heterocycles. The number of nitrogens with one attached hydrogen (secondary N) is 1. The lowest BCUT2D eigenvalue weighted by atomic mass is 10.0. The molecule has 1 heterocycles. The Morgan fingerprint density at radius 1 is 0.900 bits per heavy atom. The van der Waals surface area contributed by atoms with Crippen molar-refractivity contribution in [2.24, 2.45) is 0 Å². The maximum absolute atomic E-state index is 3.72. The van der Waals surface area contributed by atoms with Crippen molar-refractivity contribution in [1.82, 2.24) is 0 Å². The fraction of sp³-hybridized carbons (Fsp3) is 0.333. The first-order valence-corrected chi connectivity index (χ1v) is 8.61. The molecular weight excluding hydrogens is 262 g/mol. The molecule has 2 aliphatic rings. The molecule has 0 amide bonds. The third-order valence-electron chi connectivity index (χ3n) is 4.39. The molecule has 1 fully saturated rings. The second kappa shape index (κ2) is 5.17. The summed E-state index contributed by atoms with van der Waals surface area (Å²) in [4.78, 5) is 0. The van der Waals surface area contributed by atoms with Gasteiger partial charge in [-0.2, -0.15) is 11.8 Å². The molecule has 1 N–H and O–H groups in total. The minimum Gasteiger partial charge on any atom is -0.382 e. The highest BCUT2D eigenvalue weighted by molar-refractivity contribution is 7.99. The molecule has 1 aliphatic carbocycles. The number of anilines is 1. The zero-order valence-corrected chi connectivity index (χ0v) is 12.4. The van der Waals surface area contributed by atoms with Gasteiger partial charge in [0.05, 0.1) is 0 Å². The molecule has 20 heavy (non-hydrogen) atoms. The summed E-state index contributed by atoms with van der Waals surface area (Å²) in [5.41, 5.74) is 7.08. The summed E-state index contributed by atoms with van der Waals surface area (Å²) in [6.07, 6.45) is 3.67. The molecule has 0 unspecified atom stereocenters. The monoisotopic (exact) mass is 281 g/mol. The van der Waals surface area contributed by atoms with Crippen molar-refractivity contribution in [3.63, 3.8) is 0 Å². The van der Waals surface area contributed by atoms with Crippen LogP contribution in [0.2, 0.25) is 0 Å². The van der Waals surface area contributed by atoms with Gasteiger partial charge in [-0.3, -0.25) is 0 Å². The summed E-state index contributed by atoms with van der Waals surface area (Å²) in [5.74, 6) is 2.60. The van der Waals surface area contributed by atoms with Gasteiger partial charge in [0.25, 0.3) is 0 Å². The standard InChI is InChI=1S/C18H19NS/c1-2-4-17-13(3-1)11-14-12-16(5-6-18(14)17)19-15-7-9-20-10-8-15/h1-6,12,15,19H,7-11H2. The number of hydrogen-bond acceptors (Lipinski definition) is 2. The van der Waals surface area contributed by atoms with Crippen LogP contribution in [-0.4, -0.2) is 17.5 Å². The van der Waals surface area contributed by atoms with Crippen molar-refractivity contribution < 1.29 is 0 Å². The predicted octanol–water partition coefficient (Wildman–Crippen LogP) is 4.57. The Balaban J connectivity index is 1.58. The van der Waals surface area contributed by atoms with Crippen LogP contribution in [0.5, 0.6) is 0 Å². The van der Waals surface area contributed by atoms with E-state index >= 15 is 0 Å². The van der Waals surface area contributed by atoms with Crippen LogP contribution < -0.4 is 5.32 Å². The van der Waals surface area contributed by atoms with Crippen LogP contribution in [0.1, 0.15) is 24.0 Å². The van der Waals surface area contributed by atoms with E-state index in [1.165, 1.54) is 52.3 Å². The zero-order chi connectivity index (χ0) is 13.4. The van der Waals surface area contributed by atoms with Crippen molar-refractivity contribution in [2.75, 3.05) is 16.8 Å². The molecule has 0 aromatic heterocycles. The van der Waals surface area contributed by atoms with Crippen LogP contribution in [-0.2, 0) is 6.42 Å². The zero-order valence-electron chi connectivity index (χ0n) is 11.6. The van der Waals surface area contributed by atoms with E-state index < -0.39 is 0 Å². The van der Waals surface area contributed by atoms with Crippen LogP contribution in [0, 0.1) is 0 Å². The molecule has 4 rings (SSSR count). The largest absolute Gasteiger partial charge is 0.382 e. The quantitative estimate of drug-likeness (QED) is 0.738. The topological polar surface area (TPSA) is 12.0 Å². The first-order chi connectivity index (χ1) is 9.90. The minimum absolute atomic E-state index is 0.665. The molecule has 1 nitrogen and oxygen atoms in total. The molecule has 1 aliphatic heterocycles. The van der Waals surface area contributed by atoms with Gasteiger partial charge in [0, 0.05) is 11.7 Å². The average molecular weight is 281 g/mol. The van der Waals surface area contributed by atoms with E-state index in [0.29, 0.717) is 6.04 Å². The number of benzene rings is 2. The Kier molecular flexibility index (Phi) is 3.19. The highest BCUT2D eigenvalue weighted by Crippen LogP contribution is 2.37. The van der Waals surface area contributed by atoms with Crippen LogP contribution in [0.15, 0.2) is 42.5 Å². The highest BCUT2D eigenvalue weighted by Gasteiger charge is 2.19. The summed E-state index contributed by atoms with van der Waals surface area (Å²) < 4.78 is 0. The van der Waals surface area contributed by atoms with Crippen molar-refractivity contribution >= 4 is 17.4 Å². The van der Waals surface area contributed by atoms with Crippen molar-refractivity contribution in [2.45, 2.75) is 25.3 Å². The van der Waals surface area contributed by atoms with Gasteiger partial charge in [-0.15, -0.1) is 0 Å². The first-order valence-electron chi connectivity index (χ1n) is 7.46. The summed E-state index contributed by atoms with van der Waals surface area (Å²) in [5, 5.41) is 3.72. The number of fused-ring (bicyclic) bond motifs is 3. The molecule has 2 aromatic rings. The Labute approximate surface area is 124 Å². The Morgan fingerprint density at radius 3 is 2.60 bits per heavy atom. The van der Waals surface area contributed by atoms with Gasteiger partial charge in [0.15, 0.2) is 0 Å². The third kappa shape index (κ3) is 2.22. The SMILES string of the molecule is c1ccc2c(c1)Cc1cc(NC3CCSCC3)ccc1-2. The molecule has 0 atom stereocenters. The van der Waals surface area contributed by atoms with Crippen LogP contribution in [0.3, 0.4) is 0 Å². The van der Waals surface area contributed by atoms with Crippen molar-refractivity contribution in [3.8, 4) is 11.1 Å². The molecule has 0 radical (unpaired) electrons. The van der Waals surface area contributed by atoms with Gasteiger partial charge in [0.2, 0.25) is 0 Å². The highest BCUT2D eigenvalue weighted by atomic mass is 32.2. The molecule has 0 saturated carbocycles. The predicted molar refractivity (Wildman–Crippen MR) is 88.7 cm³/mol. The molecule has 2 heteroatoms. The Morgan fingerprint density at radius 2 is 1.70 bits per heavy atom. The minimum atomic E-state index is 0.665. The lowest BCUT2D eigenvalue weighted by Crippen LogP contribution is -2.24. The van der Waals surface area contributed by atoms with Crippen molar-refractivity contribution in [1.29, 1.82) is 0 Å². The van der Waals surface area contributed by atoms with E-state index in [-0.39, 0.29) is 0 Å². The Hall–Kier alpha value is -1.41. The van der Waals surface area contributed by atoms with Crippen LogP contribution in [0.4, 0.5) is 5.69 Å². The number of thioether (sulfide) groups is 1. The van der Waals surface area contributed by atoms with E-state index in [1.54, 1.807) is 0 Å². The second-order valence-corrected chi connectivity index (χ2v) is 6.96. The molecule has 0 spiro atoms. The lowest BCUT2D eigenvalue weighted by Gasteiger charge is -2.24. The maximum atomic E-state index is 3.72. The Bertz CT molecular complexity index is 629. The van der Waals surface area contributed by atoms with E-state index in [4.69, 9.17) is 0 Å². The van der Waals surface area contributed by atoms with Gasteiger partial charge in [-0.1, -0.05) is 30.3 Å². The number of rotatable bonds is 2.